The lowest BCUT2D eigenvalue weighted by Gasteiger charge is -2.15. The van der Waals surface area contributed by atoms with Crippen LogP contribution in [0.3, 0.4) is 0 Å². The summed E-state index contributed by atoms with van der Waals surface area (Å²) in [5.41, 5.74) is 3.71. The molecule has 0 radical (unpaired) electrons. The Bertz CT molecular complexity index is 414. The summed E-state index contributed by atoms with van der Waals surface area (Å²) < 4.78 is 8.20. The zero-order chi connectivity index (χ0) is 13.8. The minimum atomic E-state index is 0.325. The molecule has 0 aromatic carbocycles. The lowest BCUT2D eigenvalue weighted by molar-refractivity contribution is 0.0339. The van der Waals surface area contributed by atoms with Gasteiger partial charge >= 0.3 is 0 Å². The molecule has 1 aromatic rings. The fourth-order valence-corrected chi connectivity index (χ4v) is 2.66. The molecule has 108 valence electrons. The Kier molecular flexibility index (Phi) is 4.99. The highest BCUT2D eigenvalue weighted by Crippen LogP contribution is 2.22. The minimum absolute atomic E-state index is 0.325. The lowest BCUT2D eigenvalue weighted by Crippen LogP contribution is -2.28. The fourth-order valence-electron chi connectivity index (χ4n) is 2.66. The lowest BCUT2D eigenvalue weighted by atomic mass is 10.2. The molecule has 0 spiro atoms. The van der Waals surface area contributed by atoms with Crippen LogP contribution in [0.2, 0.25) is 0 Å². The van der Waals surface area contributed by atoms with Crippen molar-refractivity contribution in [2.45, 2.75) is 65.7 Å². The monoisotopic (exact) mass is 265 g/mol. The minimum Gasteiger partial charge on any atom is -0.372 e. The molecule has 1 aromatic heterocycles. The Morgan fingerprint density at radius 2 is 2.00 bits per heavy atom. The molecular weight excluding hydrogens is 238 g/mol. The molecule has 4 heteroatoms. The van der Waals surface area contributed by atoms with Crippen LogP contribution in [-0.4, -0.2) is 35.1 Å². The first-order valence-electron chi connectivity index (χ1n) is 7.48. The van der Waals surface area contributed by atoms with E-state index in [4.69, 9.17) is 4.74 Å². The predicted octanol–water partition coefficient (Wildman–Crippen LogP) is 2.36. The van der Waals surface area contributed by atoms with E-state index < -0.39 is 0 Å². The molecule has 1 fully saturated rings. The van der Waals surface area contributed by atoms with Gasteiger partial charge in [-0.25, -0.2) is 0 Å². The van der Waals surface area contributed by atoms with E-state index in [1.54, 1.807) is 0 Å². The van der Waals surface area contributed by atoms with Gasteiger partial charge < -0.3 is 10.1 Å². The van der Waals surface area contributed by atoms with E-state index in [2.05, 4.69) is 42.8 Å². The zero-order valence-electron chi connectivity index (χ0n) is 12.7. The maximum atomic E-state index is 6.09. The van der Waals surface area contributed by atoms with Gasteiger partial charge in [0.1, 0.15) is 0 Å². The van der Waals surface area contributed by atoms with Crippen molar-refractivity contribution in [3.8, 4) is 0 Å². The zero-order valence-corrected chi connectivity index (χ0v) is 12.7. The smallest absolute Gasteiger partial charge is 0.0776 e. The topological polar surface area (TPSA) is 39.1 Å². The molecule has 0 amide bonds. The summed E-state index contributed by atoms with van der Waals surface area (Å²) >= 11 is 0. The molecule has 1 N–H and O–H groups in total. The summed E-state index contributed by atoms with van der Waals surface area (Å²) in [6.07, 6.45) is 4.21. The van der Waals surface area contributed by atoms with Gasteiger partial charge in [-0.15, -0.1) is 0 Å². The second-order valence-electron chi connectivity index (χ2n) is 5.64. The first-order chi connectivity index (χ1) is 9.11. The number of nitrogens with one attached hydrogen (secondary N) is 1. The summed E-state index contributed by atoms with van der Waals surface area (Å²) in [5.74, 6) is 0. The third kappa shape index (κ3) is 3.57. The molecule has 2 atom stereocenters. The van der Waals surface area contributed by atoms with E-state index in [0.717, 1.165) is 31.7 Å². The summed E-state index contributed by atoms with van der Waals surface area (Å²) in [4.78, 5) is 0. The molecule has 19 heavy (non-hydrogen) atoms. The van der Waals surface area contributed by atoms with E-state index in [9.17, 15) is 0 Å². The van der Waals surface area contributed by atoms with Crippen molar-refractivity contribution >= 4 is 0 Å². The Labute approximate surface area is 116 Å². The van der Waals surface area contributed by atoms with Gasteiger partial charge in [-0.1, -0.05) is 6.92 Å². The summed E-state index contributed by atoms with van der Waals surface area (Å²) in [5, 5.41) is 8.03. The fraction of sp³-hybridized carbons (Fsp3) is 0.800. The van der Waals surface area contributed by atoms with Crippen molar-refractivity contribution in [2.75, 3.05) is 13.1 Å². The number of ether oxygens (including phenoxy) is 1. The van der Waals surface area contributed by atoms with Crippen molar-refractivity contribution in [1.29, 1.82) is 0 Å². The normalized spacial score (nSPS) is 23.2. The van der Waals surface area contributed by atoms with Crippen molar-refractivity contribution < 1.29 is 4.74 Å². The van der Waals surface area contributed by atoms with Gasteiger partial charge in [0.15, 0.2) is 0 Å². The van der Waals surface area contributed by atoms with Crippen LogP contribution in [0.25, 0.3) is 0 Å². The van der Waals surface area contributed by atoms with Crippen LogP contribution in [-0.2, 0) is 11.3 Å². The largest absolute Gasteiger partial charge is 0.372 e. The van der Waals surface area contributed by atoms with Crippen molar-refractivity contribution in [2.24, 2.45) is 0 Å². The average molecular weight is 265 g/mol. The summed E-state index contributed by atoms with van der Waals surface area (Å²) in [6, 6.07) is 0. The second-order valence-corrected chi connectivity index (χ2v) is 5.64. The molecule has 0 bridgehead atoms. The van der Waals surface area contributed by atoms with E-state index in [-0.39, 0.29) is 0 Å². The van der Waals surface area contributed by atoms with Gasteiger partial charge in [0.05, 0.1) is 24.4 Å². The third-order valence-corrected chi connectivity index (χ3v) is 4.11. The van der Waals surface area contributed by atoms with Gasteiger partial charge in [0.25, 0.3) is 0 Å². The van der Waals surface area contributed by atoms with E-state index in [0.29, 0.717) is 12.2 Å². The van der Waals surface area contributed by atoms with Gasteiger partial charge in [-0.2, -0.15) is 5.10 Å². The molecule has 1 aliphatic rings. The van der Waals surface area contributed by atoms with Crippen molar-refractivity contribution in [3.63, 3.8) is 0 Å². The molecular formula is C15H27N3O. The highest BCUT2D eigenvalue weighted by molar-refractivity contribution is 5.22. The van der Waals surface area contributed by atoms with Crippen LogP contribution in [0.4, 0.5) is 0 Å². The molecule has 2 unspecified atom stereocenters. The van der Waals surface area contributed by atoms with Crippen molar-refractivity contribution in [1.82, 2.24) is 15.1 Å². The third-order valence-electron chi connectivity index (χ3n) is 4.11. The Balaban J connectivity index is 1.83. The number of rotatable bonds is 6. The van der Waals surface area contributed by atoms with Crippen LogP contribution in [0.15, 0.2) is 0 Å². The first kappa shape index (κ1) is 14.5. The van der Waals surface area contributed by atoms with Crippen LogP contribution >= 0.6 is 0 Å². The van der Waals surface area contributed by atoms with Crippen LogP contribution in [0.5, 0.6) is 0 Å². The molecule has 0 saturated carbocycles. The molecule has 0 aliphatic carbocycles. The van der Waals surface area contributed by atoms with E-state index in [1.807, 2.05) is 0 Å². The standard InChI is InChI=1S/C15H27N3O/c1-5-8-16-9-14-6-7-15(19-14)10-18-13(4)11(2)12(3)17-18/h14-16H,5-10H2,1-4H3. The van der Waals surface area contributed by atoms with Gasteiger partial charge in [0.2, 0.25) is 0 Å². The Morgan fingerprint density at radius 3 is 2.63 bits per heavy atom. The Hall–Kier alpha value is -0.870. The second kappa shape index (κ2) is 6.53. The maximum absolute atomic E-state index is 6.09. The number of hydrogen-bond acceptors (Lipinski definition) is 3. The molecule has 2 rings (SSSR count). The van der Waals surface area contributed by atoms with Gasteiger partial charge in [0, 0.05) is 12.2 Å². The van der Waals surface area contributed by atoms with Crippen LogP contribution < -0.4 is 5.32 Å². The molecule has 2 heterocycles. The molecule has 4 nitrogen and oxygen atoms in total. The van der Waals surface area contributed by atoms with Crippen LogP contribution in [0, 0.1) is 20.8 Å². The molecule has 1 saturated heterocycles. The van der Waals surface area contributed by atoms with E-state index in [1.165, 1.54) is 24.1 Å². The highest BCUT2D eigenvalue weighted by Gasteiger charge is 2.26. The first-order valence-corrected chi connectivity index (χ1v) is 7.48. The highest BCUT2D eigenvalue weighted by atomic mass is 16.5. The Morgan fingerprint density at radius 1 is 1.26 bits per heavy atom. The average Bonchev–Trinajstić information content (AvgIpc) is 2.92. The number of aryl methyl sites for hydroxylation is 1. The predicted molar refractivity (Wildman–Crippen MR) is 77.5 cm³/mol. The van der Waals surface area contributed by atoms with Gasteiger partial charge in [-0.3, -0.25) is 4.68 Å². The number of hydrogen-bond donors (Lipinski definition) is 1. The number of nitrogens with zero attached hydrogens (tertiary/aromatic N) is 2. The van der Waals surface area contributed by atoms with E-state index >= 15 is 0 Å². The summed E-state index contributed by atoms with van der Waals surface area (Å²) in [7, 11) is 0. The molecule has 1 aliphatic heterocycles. The van der Waals surface area contributed by atoms with Gasteiger partial charge in [-0.05, 0) is 52.1 Å². The summed E-state index contributed by atoms with van der Waals surface area (Å²) in [6.45, 7) is 11.5. The van der Waals surface area contributed by atoms with Crippen molar-refractivity contribution in [3.05, 3.63) is 17.0 Å². The maximum Gasteiger partial charge on any atom is 0.0776 e. The quantitative estimate of drug-likeness (QED) is 0.803. The SMILES string of the molecule is CCCNCC1CCC(Cn2nc(C)c(C)c2C)O1. The van der Waals surface area contributed by atoms with Crippen LogP contribution in [0.1, 0.15) is 43.1 Å². The number of aromatic nitrogens is 2.